The van der Waals surface area contributed by atoms with Gasteiger partial charge in [0.2, 0.25) is 0 Å². The second-order valence-electron chi connectivity index (χ2n) is 3.69. The van der Waals surface area contributed by atoms with Crippen LogP contribution in [0.5, 0.6) is 0 Å². The number of carbonyl (C=O) groups excluding carboxylic acids is 1. The van der Waals surface area contributed by atoms with Crippen molar-refractivity contribution in [1.82, 2.24) is 5.16 Å². The molecule has 1 rings (SSSR count). The van der Waals surface area contributed by atoms with E-state index in [1.54, 1.807) is 0 Å². The third-order valence-corrected chi connectivity index (χ3v) is 1.91. The number of rotatable bonds is 4. The summed E-state index contributed by atoms with van der Waals surface area (Å²) in [5, 5.41) is 3.89. The highest BCUT2D eigenvalue weighted by Gasteiger charge is 2.09. The quantitative estimate of drug-likeness (QED) is 0.668. The maximum Gasteiger partial charge on any atom is 0.139 e. The molecule has 0 saturated carbocycles. The molecule has 0 bridgehead atoms. The predicted octanol–water partition coefficient (Wildman–Crippen LogP) is 2.18. The first-order valence-electron chi connectivity index (χ1n) is 4.54. The maximum atomic E-state index is 10.4. The highest BCUT2D eigenvalue weighted by atomic mass is 16.5. The number of hydrogen-bond acceptors (Lipinski definition) is 3. The summed E-state index contributed by atoms with van der Waals surface area (Å²) in [6.45, 7) is 5.97. The van der Waals surface area contributed by atoms with Gasteiger partial charge in [-0.15, -0.1) is 0 Å². The van der Waals surface area contributed by atoms with Crippen molar-refractivity contribution in [3.05, 3.63) is 17.5 Å². The molecular weight excluding hydrogens is 166 g/mol. The van der Waals surface area contributed by atoms with Crippen molar-refractivity contribution in [1.29, 1.82) is 0 Å². The van der Waals surface area contributed by atoms with Crippen LogP contribution in [0.25, 0.3) is 0 Å². The van der Waals surface area contributed by atoms with Gasteiger partial charge in [-0.3, -0.25) is 0 Å². The minimum atomic E-state index is 0.0186. The van der Waals surface area contributed by atoms with Crippen LogP contribution in [0, 0.1) is 5.92 Å². The van der Waals surface area contributed by atoms with Crippen LogP contribution in [0.2, 0.25) is 0 Å². The largest absolute Gasteiger partial charge is 0.361 e. The minimum absolute atomic E-state index is 0.0186. The summed E-state index contributed by atoms with van der Waals surface area (Å²) in [6, 6.07) is 1.92. The van der Waals surface area contributed by atoms with E-state index in [9.17, 15) is 4.79 Å². The average Bonchev–Trinajstić information content (AvgIpc) is 2.52. The summed E-state index contributed by atoms with van der Waals surface area (Å²) in [5.41, 5.74) is 0.864. The third kappa shape index (κ3) is 2.68. The summed E-state index contributed by atoms with van der Waals surface area (Å²) < 4.78 is 5.11. The molecule has 1 aromatic rings. The lowest BCUT2D eigenvalue weighted by Crippen LogP contribution is -2.00. The monoisotopic (exact) mass is 181 g/mol. The van der Waals surface area contributed by atoms with E-state index < -0.39 is 0 Å². The number of nitrogens with zero attached hydrogens (tertiary/aromatic N) is 1. The van der Waals surface area contributed by atoms with E-state index in [0.717, 1.165) is 17.7 Å². The van der Waals surface area contributed by atoms with Crippen molar-refractivity contribution >= 4 is 6.29 Å². The Morgan fingerprint density at radius 3 is 2.69 bits per heavy atom. The molecule has 0 N–H and O–H groups in total. The molecule has 0 aliphatic carbocycles. The molecular formula is C10H15NO2. The topological polar surface area (TPSA) is 43.1 Å². The molecule has 0 saturated heterocycles. The summed E-state index contributed by atoms with van der Waals surface area (Å²) in [7, 11) is 0. The van der Waals surface area contributed by atoms with Gasteiger partial charge in [0, 0.05) is 24.3 Å². The zero-order chi connectivity index (χ0) is 9.84. The van der Waals surface area contributed by atoms with Crippen LogP contribution < -0.4 is 0 Å². The zero-order valence-electron chi connectivity index (χ0n) is 8.28. The standard InChI is InChI=1S/C10H15NO2/c1-7(2)10-5-9(11-13-10)4-8(3)6-12/h5-8H,4H2,1-3H3. The van der Waals surface area contributed by atoms with Crippen LogP contribution in [0.3, 0.4) is 0 Å². The molecule has 0 amide bonds. The highest BCUT2D eigenvalue weighted by molar-refractivity contribution is 5.53. The van der Waals surface area contributed by atoms with Crippen molar-refractivity contribution in [3.8, 4) is 0 Å². The Bertz CT molecular complexity index is 278. The van der Waals surface area contributed by atoms with Crippen LogP contribution in [0.4, 0.5) is 0 Å². The lowest BCUT2D eigenvalue weighted by Gasteiger charge is -1.96. The van der Waals surface area contributed by atoms with Gasteiger partial charge >= 0.3 is 0 Å². The Labute approximate surface area is 78.1 Å². The van der Waals surface area contributed by atoms with E-state index in [1.807, 2.05) is 26.8 Å². The lowest BCUT2D eigenvalue weighted by atomic mass is 10.1. The molecule has 72 valence electrons. The van der Waals surface area contributed by atoms with Gasteiger partial charge in [-0.2, -0.15) is 0 Å². The number of carbonyl (C=O) groups is 1. The Morgan fingerprint density at radius 1 is 1.54 bits per heavy atom. The van der Waals surface area contributed by atoms with E-state index in [2.05, 4.69) is 5.16 Å². The SMILES string of the molecule is CC(C=O)Cc1cc(C(C)C)on1. The molecule has 0 radical (unpaired) electrons. The average molecular weight is 181 g/mol. The van der Waals surface area contributed by atoms with Crippen molar-refractivity contribution in [3.63, 3.8) is 0 Å². The molecule has 0 aliphatic rings. The molecule has 0 spiro atoms. The van der Waals surface area contributed by atoms with Gasteiger partial charge in [-0.05, 0) is 0 Å². The van der Waals surface area contributed by atoms with E-state index in [-0.39, 0.29) is 5.92 Å². The van der Waals surface area contributed by atoms with E-state index in [4.69, 9.17) is 4.52 Å². The first-order chi connectivity index (χ1) is 6.13. The van der Waals surface area contributed by atoms with Crippen molar-refractivity contribution < 1.29 is 9.32 Å². The fourth-order valence-corrected chi connectivity index (χ4v) is 1.07. The van der Waals surface area contributed by atoms with Gasteiger partial charge in [0.05, 0.1) is 5.69 Å². The van der Waals surface area contributed by atoms with Crippen LogP contribution >= 0.6 is 0 Å². The summed E-state index contributed by atoms with van der Waals surface area (Å²) in [5.74, 6) is 1.26. The molecule has 13 heavy (non-hydrogen) atoms. The predicted molar refractivity (Wildman–Crippen MR) is 49.5 cm³/mol. The Kier molecular flexibility index (Phi) is 3.23. The van der Waals surface area contributed by atoms with Crippen molar-refractivity contribution in [2.75, 3.05) is 0 Å². The molecule has 3 heteroatoms. The molecule has 0 aromatic carbocycles. The number of hydrogen-bond donors (Lipinski definition) is 0. The van der Waals surface area contributed by atoms with E-state index in [0.29, 0.717) is 12.3 Å². The summed E-state index contributed by atoms with van der Waals surface area (Å²) >= 11 is 0. The highest BCUT2D eigenvalue weighted by Crippen LogP contribution is 2.16. The summed E-state index contributed by atoms with van der Waals surface area (Å²) in [6.07, 6.45) is 1.60. The second-order valence-corrected chi connectivity index (χ2v) is 3.69. The second kappa shape index (κ2) is 4.21. The van der Waals surface area contributed by atoms with Crippen LogP contribution in [-0.2, 0) is 11.2 Å². The van der Waals surface area contributed by atoms with E-state index in [1.165, 1.54) is 0 Å². The van der Waals surface area contributed by atoms with E-state index >= 15 is 0 Å². The van der Waals surface area contributed by atoms with Gasteiger partial charge in [0.15, 0.2) is 0 Å². The Balaban J connectivity index is 2.63. The zero-order valence-corrected chi connectivity index (χ0v) is 8.28. The van der Waals surface area contributed by atoms with Crippen LogP contribution in [-0.4, -0.2) is 11.4 Å². The fraction of sp³-hybridized carbons (Fsp3) is 0.600. The smallest absolute Gasteiger partial charge is 0.139 e. The molecule has 0 aliphatic heterocycles. The van der Waals surface area contributed by atoms with Crippen molar-refractivity contribution in [2.45, 2.75) is 33.1 Å². The first kappa shape index (κ1) is 9.96. The summed E-state index contributed by atoms with van der Waals surface area (Å²) in [4.78, 5) is 10.4. The van der Waals surface area contributed by atoms with Gasteiger partial charge in [0.1, 0.15) is 12.0 Å². The van der Waals surface area contributed by atoms with Crippen LogP contribution in [0.1, 0.15) is 38.1 Å². The molecule has 1 unspecified atom stereocenters. The molecule has 1 aromatic heterocycles. The Morgan fingerprint density at radius 2 is 2.23 bits per heavy atom. The fourth-order valence-electron chi connectivity index (χ4n) is 1.07. The number of aldehydes is 1. The minimum Gasteiger partial charge on any atom is -0.361 e. The lowest BCUT2D eigenvalue weighted by molar-refractivity contribution is -0.110. The number of aromatic nitrogens is 1. The van der Waals surface area contributed by atoms with Crippen LogP contribution in [0.15, 0.2) is 10.6 Å². The Hall–Kier alpha value is -1.12. The van der Waals surface area contributed by atoms with Gasteiger partial charge < -0.3 is 9.32 Å². The molecule has 1 atom stereocenters. The van der Waals surface area contributed by atoms with Gasteiger partial charge in [-0.25, -0.2) is 0 Å². The molecule has 1 heterocycles. The first-order valence-corrected chi connectivity index (χ1v) is 4.54. The molecule has 3 nitrogen and oxygen atoms in total. The van der Waals surface area contributed by atoms with Crippen molar-refractivity contribution in [2.24, 2.45) is 5.92 Å². The third-order valence-electron chi connectivity index (χ3n) is 1.91. The normalized spacial score (nSPS) is 13.2. The van der Waals surface area contributed by atoms with Gasteiger partial charge in [-0.1, -0.05) is 25.9 Å². The maximum absolute atomic E-state index is 10.4. The molecule has 0 fully saturated rings. The van der Waals surface area contributed by atoms with Gasteiger partial charge in [0.25, 0.3) is 0 Å².